The van der Waals surface area contributed by atoms with Gasteiger partial charge in [-0.2, -0.15) is 0 Å². The van der Waals surface area contributed by atoms with Gasteiger partial charge in [-0.1, -0.05) is 0 Å². The lowest BCUT2D eigenvalue weighted by atomic mass is 10.1. The summed E-state index contributed by atoms with van der Waals surface area (Å²) in [6.45, 7) is 4.91. The van der Waals surface area contributed by atoms with E-state index in [1.54, 1.807) is 24.3 Å². The Morgan fingerprint density at radius 2 is 1.68 bits per heavy atom. The third-order valence-electron chi connectivity index (χ3n) is 3.83. The molecular formula is C19H22N2O4. The molecule has 0 aliphatic carbocycles. The maximum absolute atomic E-state index is 12.1. The predicted octanol–water partition coefficient (Wildman–Crippen LogP) is 3.21. The van der Waals surface area contributed by atoms with Crippen LogP contribution in [0.15, 0.2) is 48.8 Å². The quantitative estimate of drug-likeness (QED) is 0.619. The number of benzene rings is 1. The van der Waals surface area contributed by atoms with Crippen molar-refractivity contribution in [3.8, 4) is 0 Å². The molecule has 0 saturated heterocycles. The van der Waals surface area contributed by atoms with Crippen LogP contribution in [0.1, 0.15) is 43.6 Å². The first-order chi connectivity index (χ1) is 11.9. The molecule has 1 N–H and O–H groups in total. The van der Waals surface area contributed by atoms with Crippen LogP contribution in [-0.4, -0.2) is 28.3 Å². The van der Waals surface area contributed by atoms with Gasteiger partial charge in [0.25, 0.3) is 5.91 Å². The van der Waals surface area contributed by atoms with Gasteiger partial charge in [0.1, 0.15) is 0 Å². The minimum atomic E-state index is -0.906. The Labute approximate surface area is 146 Å². The number of aromatic nitrogens is 1. The number of carbonyl (C=O) groups excluding carboxylic acids is 3. The first-order valence-electron chi connectivity index (χ1n) is 8.10. The van der Waals surface area contributed by atoms with Gasteiger partial charge in [0.15, 0.2) is 11.9 Å². The zero-order valence-corrected chi connectivity index (χ0v) is 14.6. The normalized spacial score (nSPS) is 12.9. The highest BCUT2D eigenvalue weighted by Gasteiger charge is 2.20. The molecule has 2 atom stereocenters. The topological polar surface area (TPSA) is 77.4 Å². The van der Waals surface area contributed by atoms with E-state index in [0.717, 1.165) is 0 Å². The highest BCUT2D eigenvalue weighted by atomic mass is 16.5. The van der Waals surface area contributed by atoms with Crippen molar-refractivity contribution < 1.29 is 19.1 Å². The lowest BCUT2D eigenvalue weighted by molar-refractivity contribution is -0.153. The zero-order chi connectivity index (χ0) is 18.4. The SMILES string of the molecule is CC(=O)c1ccc(NC(=O)[C@H](C)OC(=O)C[C@@H](C)n2cccc2)cc1. The van der Waals surface area contributed by atoms with Crippen LogP contribution < -0.4 is 5.32 Å². The summed E-state index contributed by atoms with van der Waals surface area (Å²) in [5.41, 5.74) is 1.11. The molecule has 1 aromatic heterocycles. The smallest absolute Gasteiger partial charge is 0.308 e. The summed E-state index contributed by atoms with van der Waals surface area (Å²) in [5.74, 6) is -0.898. The fraction of sp³-hybridized carbons (Fsp3) is 0.316. The van der Waals surface area contributed by atoms with Crippen LogP contribution in [0.3, 0.4) is 0 Å². The number of hydrogen-bond acceptors (Lipinski definition) is 4. The highest BCUT2D eigenvalue weighted by molar-refractivity contribution is 5.97. The second kappa shape index (κ2) is 8.28. The van der Waals surface area contributed by atoms with E-state index in [2.05, 4.69) is 5.32 Å². The minimum Gasteiger partial charge on any atom is -0.452 e. The first-order valence-corrected chi connectivity index (χ1v) is 8.10. The van der Waals surface area contributed by atoms with E-state index in [1.807, 2.05) is 36.0 Å². The Balaban J connectivity index is 1.84. The molecule has 25 heavy (non-hydrogen) atoms. The lowest BCUT2D eigenvalue weighted by Crippen LogP contribution is -2.30. The van der Waals surface area contributed by atoms with Crippen LogP contribution in [0.2, 0.25) is 0 Å². The Bertz CT molecular complexity index is 735. The number of hydrogen-bond donors (Lipinski definition) is 1. The largest absolute Gasteiger partial charge is 0.452 e. The summed E-state index contributed by atoms with van der Waals surface area (Å²) in [6, 6.07) is 10.3. The molecule has 132 valence electrons. The Hall–Kier alpha value is -2.89. The number of amides is 1. The van der Waals surface area contributed by atoms with E-state index in [-0.39, 0.29) is 18.2 Å². The van der Waals surface area contributed by atoms with E-state index < -0.39 is 18.0 Å². The molecule has 1 amide bonds. The van der Waals surface area contributed by atoms with Crippen LogP contribution >= 0.6 is 0 Å². The number of nitrogens with zero attached hydrogens (tertiary/aromatic N) is 1. The Morgan fingerprint density at radius 3 is 2.24 bits per heavy atom. The minimum absolute atomic E-state index is 0.0445. The monoisotopic (exact) mass is 342 g/mol. The second-order valence-electron chi connectivity index (χ2n) is 5.94. The van der Waals surface area contributed by atoms with Crippen molar-refractivity contribution in [1.29, 1.82) is 0 Å². The Kier molecular flexibility index (Phi) is 6.11. The number of carbonyl (C=O) groups is 3. The molecule has 1 heterocycles. The molecule has 0 aliphatic rings. The number of ether oxygens (including phenoxy) is 1. The van der Waals surface area contributed by atoms with Gasteiger partial charge in [-0.15, -0.1) is 0 Å². The van der Waals surface area contributed by atoms with Crippen molar-refractivity contribution in [3.05, 3.63) is 54.4 Å². The molecule has 0 saturated carbocycles. The third kappa shape index (κ3) is 5.31. The molecule has 0 aliphatic heterocycles. The van der Waals surface area contributed by atoms with E-state index in [9.17, 15) is 14.4 Å². The van der Waals surface area contributed by atoms with E-state index >= 15 is 0 Å². The van der Waals surface area contributed by atoms with E-state index in [0.29, 0.717) is 11.3 Å². The van der Waals surface area contributed by atoms with Crippen molar-refractivity contribution >= 4 is 23.3 Å². The van der Waals surface area contributed by atoms with Crippen molar-refractivity contribution in [2.75, 3.05) is 5.32 Å². The predicted molar refractivity (Wildman–Crippen MR) is 94.4 cm³/mol. The van der Waals surface area contributed by atoms with Gasteiger partial charge in [0, 0.05) is 29.7 Å². The summed E-state index contributed by atoms with van der Waals surface area (Å²) in [5, 5.41) is 2.66. The number of anilines is 1. The van der Waals surface area contributed by atoms with Crippen LogP contribution in [0, 0.1) is 0 Å². The van der Waals surface area contributed by atoms with Gasteiger partial charge in [0.05, 0.1) is 6.42 Å². The maximum Gasteiger partial charge on any atom is 0.308 e. The molecule has 0 radical (unpaired) electrons. The van der Waals surface area contributed by atoms with Crippen LogP contribution in [0.25, 0.3) is 0 Å². The number of nitrogens with one attached hydrogen (secondary N) is 1. The molecule has 6 heteroatoms. The fourth-order valence-corrected chi connectivity index (χ4v) is 2.32. The molecule has 1 aromatic carbocycles. The van der Waals surface area contributed by atoms with E-state index in [1.165, 1.54) is 13.8 Å². The van der Waals surface area contributed by atoms with E-state index in [4.69, 9.17) is 4.74 Å². The van der Waals surface area contributed by atoms with Crippen molar-refractivity contribution in [2.24, 2.45) is 0 Å². The number of esters is 1. The van der Waals surface area contributed by atoms with Crippen molar-refractivity contribution in [1.82, 2.24) is 4.57 Å². The summed E-state index contributed by atoms with van der Waals surface area (Å²) < 4.78 is 7.10. The van der Waals surface area contributed by atoms with Gasteiger partial charge < -0.3 is 14.6 Å². The number of Topliss-reactive ketones (excluding diaryl/α,β-unsaturated/α-hetero) is 1. The van der Waals surface area contributed by atoms with Gasteiger partial charge in [-0.05, 0) is 57.2 Å². The Morgan fingerprint density at radius 1 is 1.08 bits per heavy atom. The first kappa shape index (κ1) is 18.4. The summed E-state index contributed by atoms with van der Waals surface area (Å²) in [7, 11) is 0. The molecule has 0 unspecified atom stereocenters. The standard InChI is InChI=1S/C19H22N2O4/c1-13(21-10-4-5-11-21)12-18(23)25-15(3)19(24)20-17-8-6-16(7-9-17)14(2)22/h4-11,13,15H,12H2,1-3H3,(H,20,24)/t13-,15+/m1/s1. The highest BCUT2D eigenvalue weighted by Crippen LogP contribution is 2.14. The summed E-state index contributed by atoms with van der Waals surface area (Å²) >= 11 is 0. The molecule has 2 aromatic rings. The molecule has 0 spiro atoms. The van der Waals surface area contributed by atoms with Gasteiger partial charge in [-0.25, -0.2) is 0 Å². The van der Waals surface area contributed by atoms with Crippen molar-refractivity contribution in [3.63, 3.8) is 0 Å². The molecular weight excluding hydrogens is 320 g/mol. The zero-order valence-electron chi connectivity index (χ0n) is 14.6. The fourth-order valence-electron chi connectivity index (χ4n) is 2.32. The van der Waals surface area contributed by atoms with Crippen molar-refractivity contribution in [2.45, 2.75) is 39.3 Å². The third-order valence-corrected chi connectivity index (χ3v) is 3.83. The molecule has 0 bridgehead atoms. The van der Waals surface area contributed by atoms with Crippen LogP contribution in [-0.2, 0) is 14.3 Å². The summed E-state index contributed by atoms with van der Waals surface area (Å²) in [6.07, 6.45) is 3.02. The maximum atomic E-state index is 12.1. The van der Waals surface area contributed by atoms with Gasteiger partial charge in [-0.3, -0.25) is 14.4 Å². The molecule has 0 fully saturated rings. The summed E-state index contributed by atoms with van der Waals surface area (Å²) in [4.78, 5) is 35.3. The molecule has 2 rings (SSSR count). The second-order valence-corrected chi connectivity index (χ2v) is 5.94. The molecule has 6 nitrogen and oxygen atoms in total. The van der Waals surface area contributed by atoms with Crippen LogP contribution in [0.5, 0.6) is 0 Å². The van der Waals surface area contributed by atoms with Gasteiger partial charge in [0.2, 0.25) is 0 Å². The number of ketones is 1. The average molecular weight is 342 g/mol. The van der Waals surface area contributed by atoms with Crippen LogP contribution in [0.4, 0.5) is 5.69 Å². The lowest BCUT2D eigenvalue weighted by Gasteiger charge is -2.16. The van der Waals surface area contributed by atoms with Gasteiger partial charge >= 0.3 is 5.97 Å². The average Bonchev–Trinajstić information content (AvgIpc) is 3.09. The number of rotatable bonds is 7.